The Balaban J connectivity index is 0. The van der Waals surface area contributed by atoms with Crippen LogP contribution >= 0.6 is 0 Å². The van der Waals surface area contributed by atoms with Gasteiger partial charge in [-0.2, -0.15) is 16.8 Å². The zero-order valence-corrected chi connectivity index (χ0v) is 15.8. The number of hydrogen-bond acceptors (Lipinski definition) is 6. The average Bonchev–Trinajstić information content (AvgIpc) is 2.11. The monoisotopic (exact) mass is 500 g/mol. The van der Waals surface area contributed by atoms with Crippen molar-refractivity contribution >= 4 is 50.6 Å². The Morgan fingerprint density at radius 1 is 0.810 bits per heavy atom. The summed E-state index contributed by atoms with van der Waals surface area (Å²) in [5.41, 5.74) is 0. The van der Waals surface area contributed by atoms with E-state index in [-0.39, 0.29) is 10.2 Å². The minimum atomic E-state index is -11.2. The maximum absolute atomic E-state index is 11.2. The van der Waals surface area contributed by atoms with Gasteiger partial charge in [0.25, 0.3) is 0 Å². The number of rotatable bonds is 6. The second kappa shape index (κ2) is 6.59. The standard InChI is InChI=1S/C5H13O6S3.6FH.Sb/c1-10-13(6,7)4-12(3)5-14(8,9)11-2;;;;;;;/h4-5H2,1-3H3;6*1H;/q+1;;;;;;;+5/p-6. The Morgan fingerprint density at radius 3 is 1.14 bits per heavy atom. The van der Waals surface area contributed by atoms with E-state index >= 15 is 0 Å². The molecule has 0 aromatic carbocycles. The summed E-state index contributed by atoms with van der Waals surface area (Å²) in [5, 5.41) is -0.627. The molecule has 0 unspecified atom stereocenters. The molecule has 0 aliphatic heterocycles. The van der Waals surface area contributed by atoms with Crippen LogP contribution in [0.2, 0.25) is 0 Å². The molecule has 0 radical (unpaired) electrons. The van der Waals surface area contributed by atoms with Crippen LogP contribution in [0.3, 0.4) is 0 Å². The van der Waals surface area contributed by atoms with Gasteiger partial charge in [0, 0.05) is 10.9 Å². The predicted octanol–water partition coefficient (Wildman–Crippen LogP) is 1.24. The van der Waals surface area contributed by atoms with Crippen molar-refractivity contribution in [3.63, 3.8) is 0 Å². The fourth-order valence-corrected chi connectivity index (χ4v) is 6.22. The molecule has 0 aromatic rings. The first-order chi connectivity index (χ1) is 8.67. The van der Waals surface area contributed by atoms with Gasteiger partial charge in [-0.1, -0.05) is 0 Å². The van der Waals surface area contributed by atoms with E-state index in [0.29, 0.717) is 0 Å². The molecular weight excluding hydrogens is 488 g/mol. The molecule has 0 fully saturated rings. The molecule has 0 bridgehead atoms. The minimum absolute atomic E-state index is 0.313. The van der Waals surface area contributed by atoms with Gasteiger partial charge in [0.15, 0.2) is 0 Å². The third kappa shape index (κ3) is 25.8. The summed E-state index contributed by atoms with van der Waals surface area (Å²) in [5.74, 6) is 0. The summed E-state index contributed by atoms with van der Waals surface area (Å²) in [4.78, 5) is 0. The first kappa shape index (κ1) is 23.8. The molecule has 0 aromatic heterocycles. The van der Waals surface area contributed by atoms with Crippen molar-refractivity contribution in [1.82, 2.24) is 0 Å². The Kier molecular flexibility index (Phi) is 7.48. The summed E-state index contributed by atoms with van der Waals surface area (Å²) in [6, 6.07) is 0. The van der Waals surface area contributed by atoms with E-state index in [9.17, 15) is 33.7 Å². The summed E-state index contributed by atoms with van der Waals surface area (Å²) < 4.78 is 112. The van der Waals surface area contributed by atoms with Gasteiger partial charge in [-0.05, 0) is 0 Å². The van der Waals surface area contributed by atoms with Gasteiger partial charge in [0.05, 0.1) is 20.5 Å². The van der Waals surface area contributed by atoms with E-state index in [1.807, 2.05) is 0 Å². The van der Waals surface area contributed by atoms with Gasteiger partial charge in [-0.25, -0.2) is 0 Å². The first-order valence-electron chi connectivity index (χ1n) is 4.39. The van der Waals surface area contributed by atoms with E-state index in [2.05, 4.69) is 8.37 Å². The Morgan fingerprint density at radius 2 is 1.00 bits per heavy atom. The van der Waals surface area contributed by atoms with Crippen molar-refractivity contribution < 1.29 is 42.1 Å². The van der Waals surface area contributed by atoms with E-state index in [1.54, 1.807) is 0 Å². The molecule has 134 valence electrons. The van der Waals surface area contributed by atoms with Crippen molar-refractivity contribution in [3.05, 3.63) is 0 Å². The normalized spacial score (nSPS) is 16.7. The molecule has 16 heteroatoms. The SMILES string of the molecule is COS(=O)(=O)C[S+](C)CS(=O)(=O)OC.[F][Sb-]([F])([F])([F])([F])[F]. The second-order valence-corrected chi connectivity index (χ2v) is 15.2. The Labute approximate surface area is 123 Å². The second-order valence-electron chi connectivity index (χ2n) is 3.42. The third-order valence-electron chi connectivity index (χ3n) is 1.20. The first-order valence-corrected chi connectivity index (χ1v) is 15.3. The van der Waals surface area contributed by atoms with Crippen molar-refractivity contribution in [3.8, 4) is 0 Å². The van der Waals surface area contributed by atoms with Gasteiger partial charge >= 0.3 is 56.6 Å². The molecular formula is C5H13F6O6S3Sb. The summed E-state index contributed by atoms with van der Waals surface area (Å²) in [7, 11) is -5.97. The van der Waals surface area contributed by atoms with Crippen LogP contribution in [0.25, 0.3) is 0 Å². The molecule has 0 rings (SSSR count). The van der Waals surface area contributed by atoms with Crippen LogP contribution in [-0.4, -0.2) is 67.0 Å². The van der Waals surface area contributed by atoms with Crippen molar-refractivity contribution in [2.45, 2.75) is 0 Å². The Hall–Kier alpha value is 0.568. The zero-order valence-electron chi connectivity index (χ0n) is 10.8. The van der Waals surface area contributed by atoms with Crippen LogP contribution in [0.4, 0.5) is 16.9 Å². The van der Waals surface area contributed by atoms with E-state index in [0.717, 1.165) is 14.2 Å². The third-order valence-corrected chi connectivity index (χ3v) is 7.74. The van der Waals surface area contributed by atoms with Crippen LogP contribution in [0.5, 0.6) is 0 Å². The molecule has 0 aliphatic carbocycles. The zero-order chi connectivity index (χ0) is 17.8. The fourth-order valence-electron chi connectivity index (χ4n) is 0.623. The topological polar surface area (TPSA) is 86.7 Å². The molecule has 0 heterocycles. The molecule has 21 heavy (non-hydrogen) atoms. The van der Waals surface area contributed by atoms with Gasteiger partial charge in [-0.15, -0.1) is 0 Å². The molecule has 6 nitrogen and oxygen atoms in total. The molecule has 0 saturated carbocycles. The fraction of sp³-hybridized carbons (Fsp3) is 1.00. The van der Waals surface area contributed by atoms with Gasteiger partial charge in [0.2, 0.25) is 10.2 Å². The molecule has 0 atom stereocenters. The molecule has 0 N–H and O–H groups in total. The number of halogens is 6. The predicted molar refractivity (Wildman–Crippen MR) is 67.3 cm³/mol. The summed E-state index contributed by atoms with van der Waals surface area (Å²) in [6.45, 7) is 0. The van der Waals surface area contributed by atoms with Gasteiger partial charge < -0.3 is 0 Å². The van der Waals surface area contributed by atoms with Gasteiger partial charge in [0.1, 0.15) is 0 Å². The number of hydrogen-bond donors (Lipinski definition) is 0. The molecule has 0 spiro atoms. The summed E-state index contributed by atoms with van der Waals surface area (Å²) in [6.07, 6.45) is 1.52. The summed E-state index contributed by atoms with van der Waals surface area (Å²) >= 11 is -11.2. The van der Waals surface area contributed by atoms with E-state index in [1.165, 1.54) is 6.26 Å². The Bertz CT molecular complexity index is 491. The van der Waals surface area contributed by atoms with Crippen molar-refractivity contribution in [2.24, 2.45) is 0 Å². The van der Waals surface area contributed by atoms with Crippen molar-refractivity contribution in [2.75, 3.05) is 30.6 Å². The van der Waals surface area contributed by atoms with E-state index < -0.39 is 50.6 Å². The maximum atomic E-state index is 10.9. The molecule has 0 aliphatic rings. The van der Waals surface area contributed by atoms with Crippen molar-refractivity contribution in [1.29, 1.82) is 0 Å². The average molecular weight is 501 g/mol. The van der Waals surface area contributed by atoms with Crippen LogP contribution in [-0.2, 0) is 39.5 Å². The van der Waals surface area contributed by atoms with Gasteiger partial charge in [-0.3, -0.25) is 8.37 Å². The molecule has 0 saturated heterocycles. The van der Waals surface area contributed by atoms with Crippen LogP contribution in [0.1, 0.15) is 0 Å². The quantitative estimate of drug-likeness (QED) is 0.236. The van der Waals surface area contributed by atoms with Crippen LogP contribution in [0.15, 0.2) is 0 Å². The molecule has 0 amide bonds. The van der Waals surface area contributed by atoms with Crippen LogP contribution < -0.4 is 0 Å². The van der Waals surface area contributed by atoms with E-state index in [4.69, 9.17) is 0 Å². The van der Waals surface area contributed by atoms with Crippen LogP contribution in [0, 0.1) is 0 Å².